The van der Waals surface area contributed by atoms with Crippen LogP contribution >= 0.6 is 0 Å². The molecule has 236 valence electrons. The lowest BCUT2D eigenvalue weighted by Crippen LogP contribution is -2.57. The van der Waals surface area contributed by atoms with Gasteiger partial charge in [0.05, 0.1) is 0 Å². The molecular formula is C44H47BN2. The summed E-state index contributed by atoms with van der Waals surface area (Å²) in [5.74, 6) is 0.901. The zero-order valence-electron chi connectivity index (χ0n) is 29.8. The first kappa shape index (κ1) is 30.1. The van der Waals surface area contributed by atoms with E-state index in [1.54, 1.807) is 0 Å². The minimum absolute atomic E-state index is 0.0119. The van der Waals surface area contributed by atoms with E-state index in [0.29, 0.717) is 11.8 Å². The molecule has 3 heterocycles. The second kappa shape index (κ2) is 10.1. The van der Waals surface area contributed by atoms with E-state index in [1.165, 1.54) is 83.2 Å². The number of hydrogen-bond acceptors (Lipinski definition) is 1. The van der Waals surface area contributed by atoms with Gasteiger partial charge in [-0.1, -0.05) is 112 Å². The number of para-hydroxylation sites is 1. The molecule has 5 aromatic carbocycles. The third-order valence-corrected chi connectivity index (χ3v) is 10.8. The molecule has 0 atom stereocenters. The van der Waals surface area contributed by atoms with E-state index in [2.05, 4.69) is 170 Å². The van der Waals surface area contributed by atoms with Crippen LogP contribution in [0.15, 0.2) is 91.0 Å². The highest BCUT2D eigenvalue weighted by Gasteiger charge is 2.44. The van der Waals surface area contributed by atoms with Crippen molar-refractivity contribution in [1.82, 2.24) is 4.48 Å². The molecule has 2 aliphatic rings. The van der Waals surface area contributed by atoms with Crippen molar-refractivity contribution >= 4 is 56.6 Å². The summed E-state index contributed by atoms with van der Waals surface area (Å²) in [6, 6.07) is 35.6. The maximum absolute atomic E-state index is 2.70. The Morgan fingerprint density at radius 2 is 1.23 bits per heavy atom. The molecule has 6 aromatic rings. The Kier molecular flexibility index (Phi) is 6.49. The highest BCUT2D eigenvalue weighted by molar-refractivity contribution is 6.90. The van der Waals surface area contributed by atoms with E-state index < -0.39 is 0 Å². The van der Waals surface area contributed by atoms with Gasteiger partial charge in [0.25, 0.3) is 0 Å². The van der Waals surface area contributed by atoms with E-state index in [-0.39, 0.29) is 17.7 Å². The molecule has 0 unspecified atom stereocenters. The van der Waals surface area contributed by atoms with Crippen LogP contribution in [-0.4, -0.2) is 11.3 Å². The average molecular weight is 615 g/mol. The molecule has 0 aliphatic carbocycles. The van der Waals surface area contributed by atoms with Gasteiger partial charge in [0, 0.05) is 44.4 Å². The predicted molar refractivity (Wildman–Crippen MR) is 206 cm³/mol. The fourth-order valence-electron chi connectivity index (χ4n) is 8.00. The molecule has 0 saturated heterocycles. The molecule has 0 amide bonds. The van der Waals surface area contributed by atoms with Gasteiger partial charge in [-0.25, -0.2) is 0 Å². The molecule has 47 heavy (non-hydrogen) atoms. The zero-order chi connectivity index (χ0) is 33.2. The van der Waals surface area contributed by atoms with Gasteiger partial charge >= 0.3 is 6.85 Å². The second-order valence-electron chi connectivity index (χ2n) is 16.7. The van der Waals surface area contributed by atoms with Crippen LogP contribution in [0.4, 0.5) is 17.1 Å². The van der Waals surface area contributed by atoms with E-state index in [4.69, 9.17) is 0 Å². The quantitative estimate of drug-likeness (QED) is 0.180. The minimum Gasteiger partial charge on any atom is -0.375 e. The van der Waals surface area contributed by atoms with Crippen LogP contribution in [0, 0.1) is 0 Å². The van der Waals surface area contributed by atoms with E-state index in [1.807, 2.05) is 0 Å². The van der Waals surface area contributed by atoms with Gasteiger partial charge in [-0.15, -0.1) is 0 Å². The number of rotatable bonds is 3. The van der Waals surface area contributed by atoms with Crippen LogP contribution in [0.1, 0.15) is 103 Å². The fraction of sp³-hybridized carbons (Fsp3) is 0.318. The van der Waals surface area contributed by atoms with Crippen molar-refractivity contribution in [3.8, 4) is 11.1 Å². The number of aromatic nitrogens is 1. The monoisotopic (exact) mass is 614 g/mol. The smallest absolute Gasteiger partial charge is 0.333 e. The lowest BCUT2D eigenvalue weighted by atomic mass is 9.44. The van der Waals surface area contributed by atoms with Crippen molar-refractivity contribution in [3.63, 3.8) is 0 Å². The van der Waals surface area contributed by atoms with Gasteiger partial charge in [0.2, 0.25) is 0 Å². The summed E-state index contributed by atoms with van der Waals surface area (Å²) in [4.78, 5) is 2.56. The van der Waals surface area contributed by atoms with Crippen LogP contribution < -0.4 is 15.8 Å². The van der Waals surface area contributed by atoms with Crippen LogP contribution in [0.25, 0.3) is 32.9 Å². The summed E-state index contributed by atoms with van der Waals surface area (Å²) in [6.45, 7) is 23.4. The molecular weight excluding hydrogens is 567 g/mol. The molecule has 1 aromatic heterocycles. The summed E-state index contributed by atoms with van der Waals surface area (Å²) in [5.41, 5.74) is 17.6. The normalized spacial score (nSPS) is 14.0. The highest BCUT2D eigenvalue weighted by atomic mass is 15.2. The summed E-state index contributed by atoms with van der Waals surface area (Å²) >= 11 is 0. The Hall–Kier alpha value is -4.24. The fourth-order valence-corrected chi connectivity index (χ4v) is 8.00. The van der Waals surface area contributed by atoms with Crippen LogP contribution in [0.5, 0.6) is 0 Å². The maximum atomic E-state index is 2.70. The van der Waals surface area contributed by atoms with Crippen molar-refractivity contribution in [2.45, 2.75) is 91.9 Å². The van der Waals surface area contributed by atoms with E-state index >= 15 is 0 Å². The van der Waals surface area contributed by atoms with Crippen molar-refractivity contribution in [3.05, 3.63) is 113 Å². The molecule has 2 nitrogen and oxygen atoms in total. The molecule has 0 spiro atoms. The molecule has 2 aliphatic heterocycles. The summed E-state index contributed by atoms with van der Waals surface area (Å²) in [7, 11) is 0. The summed E-state index contributed by atoms with van der Waals surface area (Å²) in [6.07, 6.45) is 0. The lowest BCUT2D eigenvalue weighted by Gasteiger charge is -2.42. The van der Waals surface area contributed by atoms with Gasteiger partial charge in [-0.05, 0) is 110 Å². The van der Waals surface area contributed by atoms with Crippen LogP contribution in [0.2, 0.25) is 0 Å². The Morgan fingerprint density at radius 1 is 0.574 bits per heavy atom. The number of anilines is 3. The molecule has 3 heteroatoms. The molecule has 0 N–H and O–H groups in total. The van der Waals surface area contributed by atoms with Crippen LogP contribution in [0.3, 0.4) is 0 Å². The van der Waals surface area contributed by atoms with E-state index in [0.717, 1.165) is 0 Å². The molecule has 0 bridgehead atoms. The predicted octanol–water partition coefficient (Wildman–Crippen LogP) is 11.1. The van der Waals surface area contributed by atoms with Gasteiger partial charge in [-0.2, -0.15) is 0 Å². The third kappa shape index (κ3) is 4.45. The van der Waals surface area contributed by atoms with E-state index in [9.17, 15) is 0 Å². The van der Waals surface area contributed by atoms with Crippen molar-refractivity contribution in [2.24, 2.45) is 0 Å². The minimum atomic E-state index is -0.0119. The number of hydrogen-bond donors (Lipinski definition) is 0. The standard InChI is InChI=1S/C44H47BN2/c1-26(2)28-16-19-38-33(20-28)35-21-29(27(3)4)22-36-34-23-31(44(8,9)10)25-40-41(34)45(47(38)42(35)36)37-18-17-30(43(5,6)7)24-39(37)46(40)32-14-12-11-13-15-32/h11-27H,1-10H3. The Bertz CT molecular complexity index is 2220. The number of fused-ring (bicyclic) bond motifs is 7. The number of benzene rings is 5. The molecule has 0 radical (unpaired) electrons. The average Bonchev–Trinajstić information content (AvgIpc) is 3.35. The lowest BCUT2D eigenvalue weighted by molar-refractivity contribution is 0.590. The largest absolute Gasteiger partial charge is 0.375 e. The first-order valence-corrected chi connectivity index (χ1v) is 17.5. The van der Waals surface area contributed by atoms with Crippen molar-refractivity contribution in [2.75, 3.05) is 4.90 Å². The maximum Gasteiger partial charge on any atom is 0.333 e. The van der Waals surface area contributed by atoms with Gasteiger partial charge in [-0.3, -0.25) is 0 Å². The first-order chi connectivity index (χ1) is 22.2. The zero-order valence-corrected chi connectivity index (χ0v) is 29.8. The third-order valence-electron chi connectivity index (χ3n) is 10.8. The SMILES string of the molecule is CC(C)c1ccc2c(c1)c1cc(C(C)C)cc3c1n2B1c2ccc(C(C)(C)C)cc2N(c2ccccc2)c2cc(C(C)(C)C)cc-3c21. The second-order valence-corrected chi connectivity index (χ2v) is 16.7. The van der Waals surface area contributed by atoms with Gasteiger partial charge in [0.1, 0.15) is 0 Å². The Morgan fingerprint density at radius 3 is 1.89 bits per heavy atom. The molecule has 8 rings (SSSR count). The summed E-state index contributed by atoms with van der Waals surface area (Å²) in [5, 5.41) is 2.76. The number of nitrogens with zero attached hydrogens (tertiary/aromatic N) is 2. The topological polar surface area (TPSA) is 8.17 Å². The van der Waals surface area contributed by atoms with Crippen LogP contribution in [-0.2, 0) is 10.8 Å². The Balaban J connectivity index is 1.59. The van der Waals surface area contributed by atoms with Gasteiger partial charge < -0.3 is 9.38 Å². The van der Waals surface area contributed by atoms with Crippen molar-refractivity contribution < 1.29 is 0 Å². The highest BCUT2D eigenvalue weighted by Crippen LogP contribution is 2.48. The summed E-state index contributed by atoms with van der Waals surface area (Å²) < 4.78 is 2.70. The first-order valence-electron chi connectivity index (χ1n) is 17.5. The molecule has 0 fully saturated rings. The Labute approximate surface area is 281 Å². The van der Waals surface area contributed by atoms with Gasteiger partial charge in [0.15, 0.2) is 0 Å². The molecule has 0 saturated carbocycles. The van der Waals surface area contributed by atoms with Crippen molar-refractivity contribution in [1.29, 1.82) is 0 Å².